The fraction of sp³-hybridized carbons (Fsp3) is 0.0513. The molecule has 0 N–H and O–H groups in total. The molecular formula is C39H28N4. The average Bonchev–Trinajstić information content (AvgIpc) is 3.44. The minimum atomic E-state index is 0.621. The highest BCUT2D eigenvalue weighted by Gasteiger charge is 2.21. The van der Waals surface area contributed by atoms with E-state index in [-0.39, 0.29) is 0 Å². The van der Waals surface area contributed by atoms with Gasteiger partial charge < -0.3 is 0 Å². The molecule has 0 aliphatic heterocycles. The Labute approximate surface area is 250 Å². The Morgan fingerprint density at radius 3 is 1.56 bits per heavy atom. The molecule has 0 saturated heterocycles. The highest BCUT2D eigenvalue weighted by Crippen LogP contribution is 2.34. The molecule has 4 heteroatoms. The maximum absolute atomic E-state index is 5.15. The quantitative estimate of drug-likeness (QED) is 0.219. The van der Waals surface area contributed by atoms with E-state index >= 15 is 0 Å². The third-order valence-corrected chi connectivity index (χ3v) is 8.07. The number of nitrogens with zero attached hydrogens (tertiary/aromatic N) is 4. The molecule has 8 rings (SSSR count). The zero-order chi connectivity index (χ0) is 28.6. The van der Waals surface area contributed by atoms with E-state index in [0.717, 1.165) is 46.0 Å². The van der Waals surface area contributed by atoms with E-state index in [1.165, 1.54) is 21.7 Å². The number of hydrogen-bond donors (Lipinski definition) is 0. The van der Waals surface area contributed by atoms with E-state index < -0.39 is 0 Å². The molecule has 2 heterocycles. The SMILES string of the molecule is C1=c2c(n(-c3nc(-c4ccccc4)nc(-c4ccccc4)n3)c3c(-c4ccccc4)cc(-c4ccccc4)cc23)=CCC1. The van der Waals surface area contributed by atoms with Gasteiger partial charge in [0.2, 0.25) is 5.95 Å². The van der Waals surface area contributed by atoms with Gasteiger partial charge in [-0.25, -0.2) is 4.98 Å². The molecule has 0 amide bonds. The van der Waals surface area contributed by atoms with Crippen LogP contribution in [0.2, 0.25) is 0 Å². The van der Waals surface area contributed by atoms with Crippen LogP contribution in [0.25, 0.3) is 74.0 Å². The molecule has 7 aromatic rings. The Morgan fingerprint density at radius 1 is 0.465 bits per heavy atom. The van der Waals surface area contributed by atoms with Crippen LogP contribution in [0.5, 0.6) is 0 Å². The van der Waals surface area contributed by atoms with Crippen molar-refractivity contribution in [2.75, 3.05) is 0 Å². The lowest BCUT2D eigenvalue weighted by atomic mass is 9.95. The summed E-state index contributed by atoms with van der Waals surface area (Å²) in [6.45, 7) is 0. The Kier molecular flexibility index (Phi) is 6.23. The molecule has 0 atom stereocenters. The van der Waals surface area contributed by atoms with Gasteiger partial charge in [-0.15, -0.1) is 0 Å². The van der Waals surface area contributed by atoms with Gasteiger partial charge in [-0.05, 0) is 41.7 Å². The maximum atomic E-state index is 5.15. The second-order valence-corrected chi connectivity index (χ2v) is 10.8. The molecule has 43 heavy (non-hydrogen) atoms. The minimum Gasteiger partial charge on any atom is -0.277 e. The second-order valence-electron chi connectivity index (χ2n) is 10.8. The summed E-state index contributed by atoms with van der Waals surface area (Å²) in [6, 6.07) is 46.3. The molecule has 0 radical (unpaired) electrons. The lowest BCUT2D eigenvalue weighted by Crippen LogP contribution is -2.31. The van der Waals surface area contributed by atoms with Gasteiger partial charge in [-0.3, -0.25) is 4.57 Å². The predicted octanol–water partition coefficient (Wildman–Crippen LogP) is 7.84. The van der Waals surface area contributed by atoms with Gasteiger partial charge in [-0.2, -0.15) is 9.97 Å². The maximum Gasteiger partial charge on any atom is 0.238 e. The van der Waals surface area contributed by atoms with Crippen LogP contribution in [0.3, 0.4) is 0 Å². The molecule has 4 nitrogen and oxygen atoms in total. The molecule has 0 bridgehead atoms. The van der Waals surface area contributed by atoms with Gasteiger partial charge in [0.05, 0.1) is 10.9 Å². The predicted molar refractivity (Wildman–Crippen MR) is 176 cm³/mol. The van der Waals surface area contributed by atoms with Crippen molar-refractivity contribution in [1.29, 1.82) is 0 Å². The Hall–Kier alpha value is -5.61. The molecule has 0 unspecified atom stereocenters. The summed E-state index contributed by atoms with van der Waals surface area (Å²) in [5.74, 6) is 1.93. The minimum absolute atomic E-state index is 0.621. The van der Waals surface area contributed by atoms with Crippen LogP contribution in [-0.4, -0.2) is 19.5 Å². The van der Waals surface area contributed by atoms with E-state index in [0.29, 0.717) is 17.6 Å². The smallest absolute Gasteiger partial charge is 0.238 e. The molecule has 0 fully saturated rings. The first-order valence-electron chi connectivity index (χ1n) is 14.7. The zero-order valence-corrected chi connectivity index (χ0v) is 23.6. The molecule has 0 saturated carbocycles. The highest BCUT2D eigenvalue weighted by atomic mass is 15.2. The van der Waals surface area contributed by atoms with Crippen LogP contribution in [0, 0.1) is 0 Å². The van der Waals surface area contributed by atoms with Crippen molar-refractivity contribution in [3.05, 3.63) is 144 Å². The largest absolute Gasteiger partial charge is 0.277 e. The summed E-state index contributed by atoms with van der Waals surface area (Å²) in [6.07, 6.45) is 6.68. The topological polar surface area (TPSA) is 43.6 Å². The fourth-order valence-electron chi connectivity index (χ4n) is 6.06. The molecule has 0 spiro atoms. The molecule has 5 aromatic carbocycles. The van der Waals surface area contributed by atoms with Crippen molar-refractivity contribution in [2.24, 2.45) is 0 Å². The first-order chi connectivity index (χ1) is 21.3. The van der Waals surface area contributed by atoms with Crippen LogP contribution in [0.15, 0.2) is 133 Å². The average molecular weight is 553 g/mol. The normalized spacial score (nSPS) is 12.4. The Morgan fingerprint density at radius 2 is 0.977 bits per heavy atom. The lowest BCUT2D eigenvalue weighted by molar-refractivity contribution is 0.903. The molecular weight excluding hydrogens is 524 g/mol. The number of fused-ring (bicyclic) bond motifs is 3. The van der Waals surface area contributed by atoms with Gasteiger partial charge >= 0.3 is 0 Å². The summed E-state index contributed by atoms with van der Waals surface area (Å²) in [5, 5.41) is 3.57. The number of benzene rings is 5. The van der Waals surface area contributed by atoms with E-state index in [1.807, 2.05) is 36.4 Å². The summed E-state index contributed by atoms with van der Waals surface area (Å²) in [4.78, 5) is 15.3. The first kappa shape index (κ1) is 25.1. The zero-order valence-electron chi connectivity index (χ0n) is 23.6. The van der Waals surface area contributed by atoms with Gasteiger partial charge in [0.15, 0.2) is 11.6 Å². The van der Waals surface area contributed by atoms with Crippen molar-refractivity contribution in [3.63, 3.8) is 0 Å². The van der Waals surface area contributed by atoms with Gasteiger partial charge in [0.1, 0.15) is 0 Å². The van der Waals surface area contributed by atoms with E-state index in [9.17, 15) is 0 Å². The lowest BCUT2D eigenvalue weighted by Gasteiger charge is -2.14. The van der Waals surface area contributed by atoms with Crippen molar-refractivity contribution >= 4 is 23.1 Å². The summed E-state index contributed by atoms with van der Waals surface area (Å²) < 4.78 is 2.26. The third kappa shape index (κ3) is 4.54. The van der Waals surface area contributed by atoms with Crippen molar-refractivity contribution < 1.29 is 0 Å². The van der Waals surface area contributed by atoms with Gasteiger partial charge in [-0.1, -0.05) is 133 Å². The van der Waals surface area contributed by atoms with Crippen molar-refractivity contribution in [3.8, 4) is 51.0 Å². The number of rotatable bonds is 5. The van der Waals surface area contributed by atoms with Crippen LogP contribution >= 0.6 is 0 Å². The van der Waals surface area contributed by atoms with E-state index in [2.05, 4.69) is 114 Å². The molecule has 204 valence electrons. The third-order valence-electron chi connectivity index (χ3n) is 8.07. The Balaban J connectivity index is 1.50. The van der Waals surface area contributed by atoms with Crippen molar-refractivity contribution in [2.45, 2.75) is 12.8 Å². The highest BCUT2D eigenvalue weighted by molar-refractivity contribution is 6.00. The summed E-state index contributed by atoms with van der Waals surface area (Å²) in [5.41, 5.74) is 7.71. The van der Waals surface area contributed by atoms with Crippen LogP contribution in [0.4, 0.5) is 0 Å². The first-order valence-corrected chi connectivity index (χ1v) is 14.7. The number of aromatic nitrogens is 4. The summed E-state index contributed by atoms with van der Waals surface area (Å²) in [7, 11) is 0. The van der Waals surface area contributed by atoms with Gasteiger partial charge in [0, 0.05) is 27.3 Å². The summed E-state index contributed by atoms with van der Waals surface area (Å²) >= 11 is 0. The van der Waals surface area contributed by atoms with Crippen LogP contribution < -0.4 is 10.6 Å². The Bertz CT molecular complexity index is 2150. The second kappa shape index (κ2) is 10.7. The standard InChI is InChI=1S/C39H28N4/c1-5-15-27(16-6-1)31-25-33(28-17-7-2-8-18-28)36-34(26-31)32-23-13-14-24-35(32)43(36)39-41-37(29-19-9-3-10-20-29)40-38(42-39)30-21-11-4-12-22-30/h1-12,15-26H,13-14H2. The van der Waals surface area contributed by atoms with E-state index in [4.69, 9.17) is 15.0 Å². The molecule has 1 aliphatic rings. The molecule has 2 aromatic heterocycles. The van der Waals surface area contributed by atoms with Crippen LogP contribution in [0.1, 0.15) is 12.8 Å². The van der Waals surface area contributed by atoms with Gasteiger partial charge in [0.25, 0.3) is 0 Å². The monoisotopic (exact) mass is 552 g/mol. The number of hydrogen-bond acceptors (Lipinski definition) is 3. The van der Waals surface area contributed by atoms with E-state index in [1.54, 1.807) is 0 Å². The molecule has 1 aliphatic carbocycles. The van der Waals surface area contributed by atoms with Crippen molar-refractivity contribution in [1.82, 2.24) is 19.5 Å². The fourth-order valence-corrected chi connectivity index (χ4v) is 6.06. The van der Waals surface area contributed by atoms with Crippen LogP contribution in [-0.2, 0) is 0 Å².